The van der Waals surface area contributed by atoms with E-state index in [0.29, 0.717) is 5.92 Å². The molecule has 2 aliphatic heterocycles. The average molecular weight is 284 g/mol. The molecule has 2 saturated heterocycles. The Morgan fingerprint density at radius 2 is 2.16 bits per heavy atom. The van der Waals surface area contributed by atoms with E-state index in [4.69, 9.17) is 4.74 Å². The van der Waals surface area contributed by atoms with Gasteiger partial charge >= 0.3 is 0 Å². The number of rotatable bonds is 2. The minimum atomic E-state index is -0.386. The van der Waals surface area contributed by atoms with E-state index < -0.39 is 0 Å². The molecule has 3 rings (SSSR count). The summed E-state index contributed by atoms with van der Waals surface area (Å²) >= 11 is 2.03. The van der Waals surface area contributed by atoms with Gasteiger partial charge in [0.2, 0.25) is 0 Å². The van der Waals surface area contributed by atoms with Crippen molar-refractivity contribution < 1.29 is 9.84 Å². The molecule has 4 unspecified atom stereocenters. The van der Waals surface area contributed by atoms with E-state index in [1.165, 1.54) is 31.4 Å². The normalized spacial score (nSPS) is 47.7. The van der Waals surface area contributed by atoms with E-state index in [1.807, 2.05) is 11.8 Å². The van der Waals surface area contributed by atoms with Crippen LogP contribution in [0.4, 0.5) is 0 Å². The zero-order chi connectivity index (χ0) is 13.3. The van der Waals surface area contributed by atoms with Crippen molar-refractivity contribution in [2.45, 2.75) is 69.5 Å². The monoisotopic (exact) mass is 284 g/mol. The molecule has 1 spiro atoms. The van der Waals surface area contributed by atoms with Crippen molar-refractivity contribution in [3.8, 4) is 0 Å². The zero-order valence-corrected chi connectivity index (χ0v) is 13.0. The Morgan fingerprint density at radius 1 is 1.26 bits per heavy atom. The summed E-state index contributed by atoms with van der Waals surface area (Å²) in [5.74, 6) is 3.62. The topological polar surface area (TPSA) is 29.5 Å². The number of hydrogen-bond donors (Lipinski definition) is 1. The molecule has 1 saturated carbocycles. The second-order valence-corrected chi connectivity index (χ2v) is 8.10. The molecule has 4 atom stereocenters. The van der Waals surface area contributed by atoms with Crippen molar-refractivity contribution in [1.29, 1.82) is 0 Å². The van der Waals surface area contributed by atoms with Crippen molar-refractivity contribution in [3.05, 3.63) is 0 Å². The lowest BCUT2D eigenvalue weighted by atomic mass is 9.66. The van der Waals surface area contributed by atoms with Gasteiger partial charge in [0.25, 0.3) is 0 Å². The van der Waals surface area contributed by atoms with Crippen molar-refractivity contribution in [2.75, 3.05) is 18.1 Å². The summed E-state index contributed by atoms with van der Waals surface area (Å²) in [6, 6.07) is 0. The van der Waals surface area contributed by atoms with E-state index >= 15 is 0 Å². The summed E-state index contributed by atoms with van der Waals surface area (Å²) in [6.07, 6.45) is 9.20. The molecule has 0 aromatic heterocycles. The Kier molecular flexibility index (Phi) is 4.17. The third kappa shape index (κ3) is 2.84. The molecule has 0 bridgehead atoms. The van der Waals surface area contributed by atoms with Crippen molar-refractivity contribution in [1.82, 2.24) is 0 Å². The third-order valence-corrected chi connectivity index (χ3v) is 6.98. The van der Waals surface area contributed by atoms with Crippen molar-refractivity contribution in [2.24, 2.45) is 11.8 Å². The molecule has 110 valence electrons. The molecular formula is C16H28O2S. The Labute approximate surface area is 121 Å². The second kappa shape index (κ2) is 5.57. The molecule has 3 fully saturated rings. The van der Waals surface area contributed by atoms with Crippen molar-refractivity contribution in [3.63, 3.8) is 0 Å². The molecular weight excluding hydrogens is 256 g/mol. The lowest BCUT2D eigenvalue weighted by Crippen LogP contribution is -2.50. The van der Waals surface area contributed by atoms with Gasteiger partial charge in [-0.15, -0.1) is 0 Å². The highest BCUT2D eigenvalue weighted by molar-refractivity contribution is 7.99. The molecule has 2 nitrogen and oxygen atoms in total. The Balaban J connectivity index is 1.69. The van der Waals surface area contributed by atoms with Crippen LogP contribution in [0.5, 0.6) is 0 Å². The number of aliphatic hydroxyl groups is 1. The standard InChI is InChI=1S/C16H28O2S/c1-2-13-4-3-6-16(17,10-13)14-5-8-18-15(11-14)7-9-19-12-15/h13-14,17H,2-12H2,1H3. The molecule has 0 aromatic carbocycles. The first kappa shape index (κ1) is 14.2. The van der Waals surface area contributed by atoms with E-state index in [1.54, 1.807) is 0 Å². The fourth-order valence-corrected chi connectivity index (χ4v) is 5.85. The Hall–Kier alpha value is 0.270. The van der Waals surface area contributed by atoms with Crippen LogP contribution < -0.4 is 0 Å². The predicted molar refractivity (Wildman–Crippen MR) is 80.5 cm³/mol. The molecule has 2 heterocycles. The van der Waals surface area contributed by atoms with Crippen LogP contribution in [0, 0.1) is 11.8 Å². The second-order valence-electron chi connectivity index (χ2n) is 7.00. The molecule has 1 N–H and O–H groups in total. The predicted octanol–water partition coefficient (Wildman–Crippen LogP) is 3.62. The number of thioether (sulfide) groups is 1. The maximum Gasteiger partial charge on any atom is 0.0784 e. The van der Waals surface area contributed by atoms with Crippen LogP contribution in [-0.2, 0) is 4.74 Å². The largest absolute Gasteiger partial charge is 0.390 e. The van der Waals surface area contributed by atoms with Gasteiger partial charge in [-0.05, 0) is 49.7 Å². The Morgan fingerprint density at radius 3 is 2.89 bits per heavy atom. The van der Waals surface area contributed by atoms with Crippen LogP contribution in [0.1, 0.15) is 58.3 Å². The Bertz CT molecular complexity index is 314. The average Bonchev–Trinajstić information content (AvgIpc) is 2.87. The summed E-state index contributed by atoms with van der Waals surface area (Å²) in [5, 5.41) is 11.2. The number of hydrogen-bond acceptors (Lipinski definition) is 3. The molecule has 0 amide bonds. The first-order valence-electron chi connectivity index (χ1n) is 8.10. The van der Waals surface area contributed by atoms with Crippen LogP contribution >= 0.6 is 11.8 Å². The lowest BCUT2D eigenvalue weighted by molar-refractivity contribution is -0.147. The van der Waals surface area contributed by atoms with Gasteiger partial charge < -0.3 is 9.84 Å². The van der Waals surface area contributed by atoms with Crippen molar-refractivity contribution >= 4 is 11.8 Å². The first-order chi connectivity index (χ1) is 9.16. The van der Waals surface area contributed by atoms with Gasteiger partial charge in [-0.3, -0.25) is 0 Å². The van der Waals surface area contributed by atoms with E-state index in [9.17, 15) is 5.11 Å². The molecule has 0 aromatic rings. The lowest BCUT2D eigenvalue weighted by Gasteiger charge is -2.48. The fourth-order valence-electron chi connectivity index (χ4n) is 4.47. The summed E-state index contributed by atoms with van der Waals surface area (Å²) in [7, 11) is 0. The maximum atomic E-state index is 11.2. The SMILES string of the molecule is CCC1CCCC(O)(C2CCOC3(CCSC3)C2)C1. The quantitative estimate of drug-likeness (QED) is 0.840. The number of ether oxygens (including phenoxy) is 1. The maximum absolute atomic E-state index is 11.2. The third-order valence-electron chi connectivity index (χ3n) is 5.76. The minimum absolute atomic E-state index is 0.114. The van der Waals surface area contributed by atoms with Crippen LogP contribution in [0.15, 0.2) is 0 Å². The molecule has 0 radical (unpaired) electrons. The fraction of sp³-hybridized carbons (Fsp3) is 1.00. The van der Waals surface area contributed by atoms with Gasteiger partial charge in [0.05, 0.1) is 11.2 Å². The molecule has 19 heavy (non-hydrogen) atoms. The highest BCUT2D eigenvalue weighted by Crippen LogP contribution is 2.48. The summed E-state index contributed by atoms with van der Waals surface area (Å²) in [5.41, 5.74) is -0.272. The van der Waals surface area contributed by atoms with Gasteiger partial charge in [-0.25, -0.2) is 0 Å². The van der Waals surface area contributed by atoms with Gasteiger partial charge in [0.15, 0.2) is 0 Å². The first-order valence-corrected chi connectivity index (χ1v) is 9.25. The van der Waals surface area contributed by atoms with Gasteiger partial charge in [-0.2, -0.15) is 11.8 Å². The highest BCUT2D eigenvalue weighted by atomic mass is 32.2. The van der Waals surface area contributed by atoms with Crippen LogP contribution in [0.25, 0.3) is 0 Å². The molecule has 3 aliphatic rings. The van der Waals surface area contributed by atoms with E-state index in [0.717, 1.165) is 44.0 Å². The smallest absolute Gasteiger partial charge is 0.0784 e. The van der Waals surface area contributed by atoms with Gasteiger partial charge in [0, 0.05) is 12.4 Å². The van der Waals surface area contributed by atoms with Gasteiger partial charge in [0.1, 0.15) is 0 Å². The minimum Gasteiger partial charge on any atom is -0.390 e. The summed E-state index contributed by atoms with van der Waals surface area (Å²) < 4.78 is 6.11. The summed E-state index contributed by atoms with van der Waals surface area (Å²) in [4.78, 5) is 0. The van der Waals surface area contributed by atoms with E-state index in [-0.39, 0.29) is 11.2 Å². The van der Waals surface area contributed by atoms with Crippen LogP contribution in [-0.4, -0.2) is 34.4 Å². The van der Waals surface area contributed by atoms with Crippen LogP contribution in [0.3, 0.4) is 0 Å². The molecule has 1 aliphatic carbocycles. The zero-order valence-electron chi connectivity index (χ0n) is 12.2. The van der Waals surface area contributed by atoms with Crippen LogP contribution in [0.2, 0.25) is 0 Å². The highest BCUT2D eigenvalue weighted by Gasteiger charge is 2.48. The molecule has 3 heteroatoms. The van der Waals surface area contributed by atoms with Gasteiger partial charge in [-0.1, -0.05) is 26.2 Å². The van der Waals surface area contributed by atoms with E-state index in [2.05, 4.69) is 6.92 Å². The summed E-state index contributed by atoms with van der Waals surface area (Å²) in [6.45, 7) is 3.14.